The Kier molecular flexibility index (Phi) is 1.68. The van der Waals surface area contributed by atoms with E-state index in [2.05, 4.69) is 0 Å². The minimum absolute atomic E-state index is 0.120. The molecule has 0 saturated heterocycles. The van der Waals surface area contributed by atoms with Crippen LogP contribution in [0.3, 0.4) is 0 Å². The first-order chi connectivity index (χ1) is 7.13. The molecular weight excluding hydrogens is 188 g/mol. The maximum Gasteiger partial charge on any atom is 0.163 e. The largest absolute Gasteiger partial charge is 0.465 e. The van der Waals surface area contributed by atoms with E-state index in [4.69, 9.17) is 4.42 Å². The number of hydrogen-bond acceptors (Lipinski definition) is 2. The van der Waals surface area contributed by atoms with E-state index in [-0.39, 0.29) is 5.78 Å². The van der Waals surface area contributed by atoms with Crippen LogP contribution in [0.5, 0.6) is 0 Å². The fourth-order valence-electron chi connectivity index (χ4n) is 3.23. The third-order valence-corrected chi connectivity index (χ3v) is 4.20. The number of Topliss-reactive ketones (excluding diaryl/α,β-unsaturated/α-hetero) is 1. The van der Waals surface area contributed by atoms with Gasteiger partial charge in [-0.1, -0.05) is 6.42 Å². The normalized spacial score (nSPS) is 32.8. The fourth-order valence-corrected chi connectivity index (χ4v) is 3.23. The summed E-state index contributed by atoms with van der Waals surface area (Å²) in [5.74, 6) is 2.83. The predicted molar refractivity (Wildman–Crippen MR) is 57.1 cm³/mol. The molecule has 0 radical (unpaired) electrons. The zero-order valence-corrected chi connectivity index (χ0v) is 9.30. The first-order valence-corrected chi connectivity index (χ1v) is 5.75. The van der Waals surface area contributed by atoms with Gasteiger partial charge in [0.25, 0.3) is 0 Å². The zero-order chi connectivity index (χ0) is 10.6. The smallest absolute Gasteiger partial charge is 0.163 e. The van der Waals surface area contributed by atoms with Crippen molar-refractivity contribution in [3.8, 4) is 0 Å². The Morgan fingerprint density at radius 3 is 2.87 bits per heavy atom. The van der Waals surface area contributed by atoms with Gasteiger partial charge in [-0.25, -0.2) is 0 Å². The molecule has 0 aromatic carbocycles. The van der Waals surface area contributed by atoms with Gasteiger partial charge in [-0.2, -0.15) is 0 Å². The molecule has 1 heterocycles. The lowest BCUT2D eigenvalue weighted by atomic mass is 9.99. The average Bonchev–Trinajstić information content (AvgIpc) is 2.59. The molecule has 2 saturated carbocycles. The number of fused-ring (bicyclic) bond motifs is 1. The van der Waals surface area contributed by atoms with Gasteiger partial charge < -0.3 is 4.42 Å². The molecule has 1 aromatic rings. The van der Waals surface area contributed by atoms with E-state index in [0.29, 0.717) is 5.41 Å². The van der Waals surface area contributed by atoms with Gasteiger partial charge in [0, 0.05) is 5.41 Å². The highest BCUT2D eigenvalue weighted by Crippen LogP contribution is 2.64. The Bertz CT molecular complexity index is 430. The summed E-state index contributed by atoms with van der Waals surface area (Å²) in [7, 11) is 0. The number of hydrogen-bond donors (Lipinski definition) is 0. The van der Waals surface area contributed by atoms with E-state index in [0.717, 1.165) is 23.0 Å². The molecule has 0 spiro atoms. The fraction of sp³-hybridized carbons (Fsp3) is 0.615. The van der Waals surface area contributed by atoms with Crippen molar-refractivity contribution < 1.29 is 9.21 Å². The van der Waals surface area contributed by atoms with Gasteiger partial charge in [0.2, 0.25) is 0 Å². The lowest BCUT2D eigenvalue weighted by molar-refractivity contribution is 0.101. The highest BCUT2D eigenvalue weighted by Gasteiger charge is 2.60. The van der Waals surface area contributed by atoms with Crippen molar-refractivity contribution in [2.75, 3.05) is 0 Å². The van der Waals surface area contributed by atoms with E-state index >= 15 is 0 Å². The summed E-state index contributed by atoms with van der Waals surface area (Å²) in [4.78, 5) is 11.4. The van der Waals surface area contributed by atoms with E-state index in [1.807, 2.05) is 13.0 Å². The highest BCUT2D eigenvalue weighted by molar-refractivity contribution is 5.95. The minimum atomic E-state index is 0.120. The summed E-state index contributed by atoms with van der Waals surface area (Å²) < 4.78 is 5.78. The second kappa shape index (κ2) is 2.75. The van der Waals surface area contributed by atoms with Gasteiger partial charge in [-0.05, 0) is 45.1 Å². The number of carbonyl (C=O) groups is 1. The predicted octanol–water partition coefficient (Wildman–Crippen LogP) is 3.23. The summed E-state index contributed by atoms with van der Waals surface area (Å²) in [6.07, 6.45) is 5.19. The molecule has 0 unspecified atom stereocenters. The Hall–Kier alpha value is -1.05. The molecular formula is C13H16O2. The molecule has 0 aliphatic heterocycles. The van der Waals surface area contributed by atoms with Crippen molar-refractivity contribution >= 4 is 5.78 Å². The average molecular weight is 204 g/mol. The summed E-state index contributed by atoms with van der Waals surface area (Å²) >= 11 is 0. The maximum atomic E-state index is 11.4. The van der Waals surface area contributed by atoms with Gasteiger partial charge in [0.1, 0.15) is 11.5 Å². The van der Waals surface area contributed by atoms with E-state index in [1.54, 1.807) is 6.92 Å². The second-order valence-corrected chi connectivity index (χ2v) is 5.09. The molecule has 0 bridgehead atoms. The molecule has 2 atom stereocenters. The van der Waals surface area contributed by atoms with Gasteiger partial charge in [0.05, 0.1) is 5.56 Å². The Labute approximate surface area is 89.7 Å². The molecule has 3 rings (SSSR count). The van der Waals surface area contributed by atoms with Crippen LogP contribution in [0.15, 0.2) is 10.5 Å². The molecule has 2 heteroatoms. The third-order valence-electron chi connectivity index (χ3n) is 4.20. The molecule has 80 valence electrons. The van der Waals surface area contributed by atoms with Crippen LogP contribution in [-0.4, -0.2) is 5.78 Å². The first-order valence-electron chi connectivity index (χ1n) is 5.75. The third kappa shape index (κ3) is 1.14. The minimum Gasteiger partial charge on any atom is -0.465 e. The number of furan rings is 1. The molecule has 2 fully saturated rings. The Morgan fingerprint density at radius 1 is 1.60 bits per heavy atom. The SMILES string of the molecule is CC(=O)c1cc([C@]23CCC[C@H]2C3)oc1C. The van der Waals surface area contributed by atoms with Gasteiger partial charge in [-0.15, -0.1) is 0 Å². The molecule has 1 aromatic heterocycles. The number of rotatable bonds is 2. The van der Waals surface area contributed by atoms with Crippen LogP contribution in [0, 0.1) is 12.8 Å². The topological polar surface area (TPSA) is 30.2 Å². The second-order valence-electron chi connectivity index (χ2n) is 5.09. The quantitative estimate of drug-likeness (QED) is 0.692. The van der Waals surface area contributed by atoms with Gasteiger partial charge in [0.15, 0.2) is 5.78 Å². The van der Waals surface area contributed by atoms with Crippen molar-refractivity contribution in [1.29, 1.82) is 0 Å². The van der Waals surface area contributed by atoms with Gasteiger partial charge >= 0.3 is 0 Å². The molecule has 2 aliphatic rings. The monoisotopic (exact) mass is 204 g/mol. The van der Waals surface area contributed by atoms with Crippen LogP contribution in [-0.2, 0) is 5.41 Å². The van der Waals surface area contributed by atoms with E-state index in [1.165, 1.54) is 25.7 Å². The van der Waals surface area contributed by atoms with Crippen LogP contribution in [0.4, 0.5) is 0 Å². The van der Waals surface area contributed by atoms with Crippen LogP contribution in [0.2, 0.25) is 0 Å². The van der Waals surface area contributed by atoms with Crippen molar-refractivity contribution in [3.05, 3.63) is 23.2 Å². The van der Waals surface area contributed by atoms with Crippen LogP contribution in [0.1, 0.15) is 54.5 Å². The van der Waals surface area contributed by atoms with Crippen molar-refractivity contribution in [3.63, 3.8) is 0 Å². The van der Waals surface area contributed by atoms with Crippen LogP contribution >= 0.6 is 0 Å². The number of carbonyl (C=O) groups excluding carboxylic acids is 1. The number of aryl methyl sites for hydroxylation is 1. The highest BCUT2D eigenvalue weighted by atomic mass is 16.3. The van der Waals surface area contributed by atoms with E-state index < -0.39 is 0 Å². The van der Waals surface area contributed by atoms with Crippen molar-refractivity contribution in [2.45, 2.75) is 44.9 Å². The summed E-state index contributed by atoms with van der Waals surface area (Å²) in [6, 6.07) is 1.99. The molecule has 0 N–H and O–H groups in total. The molecule has 2 nitrogen and oxygen atoms in total. The summed E-state index contributed by atoms with van der Waals surface area (Å²) in [5, 5.41) is 0. The molecule has 2 aliphatic carbocycles. The summed E-state index contributed by atoms with van der Waals surface area (Å²) in [6.45, 7) is 3.50. The van der Waals surface area contributed by atoms with E-state index in [9.17, 15) is 4.79 Å². The zero-order valence-electron chi connectivity index (χ0n) is 9.30. The van der Waals surface area contributed by atoms with Crippen LogP contribution in [0.25, 0.3) is 0 Å². The summed E-state index contributed by atoms with van der Waals surface area (Å²) in [5.41, 5.74) is 1.11. The van der Waals surface area contributed by atoms with Crippen LogP contribution < -0.4 is 0 Å². The van der Waals surface area contributed by atoms with Gasteiger partial charge in [-0.3, -0.25) is 4.79 Å². The number of ketones is 1. The standard InChI is InChI=1S/C13H16O2/c1-8(14)11-6-12(15-9(11)2)13-5-3-4-10(13)7-13/h6,10H,3-5,7H2,1-2H3/t10-,13-/m0/s1. The lowest BCUT2D eigenvalue weighted by Crippen LogP contribution is -2.02. The lowest BCUT2D eigenvalue weighted by Gasteiger charge is -2.06. The van der Waals surface area contributed by atoms with Crippen molar-refractivity contribution in [2.24, 2.45) is 5.92 Å². The van der Waals surface area contributed by atoms with Crippen molar-refractivity contribution in [1.82, 2.24) is 0 Å². The maximum absolute atomic E-state index is 11.4. The Morgan fingerprint density at radius 2 is 2.40 bits per heavy atom. The first kappa shape index (κ1) is 9.20. The molecule has 0 amide bonds. The Balaban J connectivity index is 2.00. The molecule has 15 heavy (non-hydrogen) atoms.